The monoisotopic (exact) mass is 946 g/mol. The van der Waals surface area contributed by atoms with Gasteiger partial charge in [0.1, 0.15) is 0 Å². The van der Waals surface area contributed by atoms with Crippen molar-refractivity contribution in [3.8, 4) is 100 Å². The number of rotatable bonds is 4. The first-order chi connectivity index (χ1) is 37.0. The van der Waals surface area contributed by atoms with Crippen molar-refractivity contribution in [2.75, 3.05) is 0 Å². The quantitative estimate of drug-likeness (QED) is 0.154. The number of hydrogen-bond donors (Lipinski definition) is 0. The van der Waals surface area contributed by atoms with E-state index in [9.17, 15) is 0 Å². The van der Waals surface area contributed by atoms with Gasteiger partial charge in [-0.15, -0.1) is 0 Å². The second-order valence-electron chi connectivity index (χ2n) is 21.7. The van der Waals surface area contributed by atoms with Gasteiger partial charge >= 0.3 is 0 Å². The molecule has 3 aliphatic rings. The number of hydrogen-bond acceptors (Lipinski definition) is 0. The molecule has 0 saturated heterocycles. The Labute approximate surface area is 435 Å². The fraction of sp³-hybridized carbons (Fsp3) is 0.0400. The van der Waals surface area contributed by atoms with Crippen LogP contribution in [0.3, 0.4) is 0 Å². The zero-order chi connectivity index (χ0) is 49.3. The molecule has 0 heteroatoms. The Morgan fingerprint density at radius 1 is 0.200 bits per heavy atom. The van der Waals surface area contributed by atoms with Crippen LogP contribution in [0.1, 0.15) is 25.0 Å². The van der Waals surface area contributed by atoms with E-state index in [0.29, 0.717) is 0 Å². The minimum atomic E-state index is -0.201. The van der Waals surface area contributed by atoms with E-state index in [1.54, 1.807) is 0 Å². The summed E-state index contributed by atoms with van der Waals surface area (Å²) in [5.41, 5.74) is 26.2. The van der Waals surface area contributed by atoms with E-state index in [4.69, 9.17) is 0 Å². The molecule has 75 heavy (non-hydrogen) atoms. The van der Waals surface area contributed by atoms with Gasteiger partial charge in [0, 0.05) is 5.41 Å². The Morgan fingerprint density at radius 2 is 0.480 bits per heavy atom. The summed E-state index contributed by atoms with van der Waals surface area (Å²) < 4.78 is 0. The van der Waals surface area contributed by atoms with Crippen LogP contribution in [0, 0.1) is 0 Å². The Morgan fingerprint density at radius 3 is 0.840 bits per heavy atom. The average molecular weight is 947 g/mol. The highest BCUT2D eigenvalue weighted by Crippen LogP contribution is 2.60. The van der Waals surface area contributed by atoms with Crippen LogP contribution in [0.15, 0.2) is 243 Å². The molecule has 0 N–H and O–H groups in total. The second-order valence-corrected chi connectivity index (χ2v) is 21.7. The van der Waals surface area contributed by atoms with Gasteiger partial charge in [0.25, 0.3) is 0 Å². The zero-order valence-corrected chi connectivity index (χ0v) is 41.6. The smallest absolute Gasteiger partial charge is 0.0159 e. The summed E-state index contributed by atoms with van der Waals surface area (Å²) >= 11 is 0. The third-order valence-electron chi connectivity index (χ3n) is 17.7. The molecule has 0 bridgehead atoms. The van der Waals surface area contributed by atoms with E-state index in [0.717, 1.165) is 0 Å². The molecule has 17 rings (SSSR count). The van der Waals surface area contributed by atoms with Gasteiger partial charge in [-0.05, 0) is 200 Å². The Balaban J connectivity index is 0.832. The Hall–Kier alpha value is -9.36. The number of benzene rings is 14. The zero-order valence-electron chi connectivity index (χ0n) is 41.6. The first-order valence-corrected chi connectivity index (χ1v) is 26.5. The van der Waals surface area contributed by atoms with E-state index in [1.807, 2.05) is 0 Å². The average Bonchev–Trinajstić information content (AvgIpc) is 4.05. The van der Waals surface area contributed by atoms with Crippen LogP contribution < -0.4 is 0 Å². The van der Waals surface area contributed by atoms with Gasteiger partial charge in [-0.2, -0.15) is 0 Å². The molecule has 0 saturated carbocycles. The largest absolute Gasteiger partial charge is 0.0622 e. The molecule has 14 aromatic carbocycles. The van der Waals surface area contributed by atoms with Crippen molar-refractivity contribution in [1.29, 1.82) is 0 Å². The standard InChI is InChI=1S/C75H46/c1-75(2)67-41-63-59-37-35-57(71-49-27-13-9-23-45(49)69(43-19-5-3-6-20-43)46-24-10-14-28-50(46)71)53-31-17-33-55(73(53)59)61(63)39-65(67)66-40-62-56-34-18-32-54-58(36-38-60(74(54)56)64(62)42-68(66)75)72-51-29-15-11-25-47(51)70(44-21-7-4-8-22-44)48-26-12-16-30-52(48)72/h3-42H,1-2H3. The van der Waals surface area contributed by atoms with Gasteiger partial charge in [-0.25, -0.2) is 0 Å². The maximum absolute atomic E-state index is 2.56. The molecule has 346 valence electrons. The second kappa shape index (κ2) is 14.9. The molecule has 0 radical (unpaired) electrons. The Kier molecular flexibility index (Phi) is 8.16. The van der Waals surface area contributed by atoms with Gasteiger partial charge < -0.3 is 0 Å². The lowest BCUT2D eigenvalue weighted by Crippen LogP contribution is -2.15. The predicted octanol–water partition coefficient (Wildman–Crippen LogP) is 20.9. The van der Waals surface area contributed by atoms with Gasteiger partial charge in [0.15, 0.2) is 0 Å². The molecule has 0 heterocycles. The minimum Gasteiger partial charge on any atom is -0.0622 e. The first kappa shape index (κ1) is 41.1. The third-order valence-corrected chi connectivity index (χ3v) is 17.7. The van der Waals surface area contributed by atoms with Gasteiger partial charge in [0.05, 0.1) is 0 Å². The molecule has 3 aliphatic carbocycles. The number of fused-ring (bicyclic) bond motifs is 13. The summed E-state index contributed by atoms with van der Waals surface area (Å²) in [6, 6.07) is 91.9. The lowest BCUT2D eigenvalue weighted by Gasteiger charge is -2.23. The fourth-order valence-electron chi connectivity index (χ4n) is 14.5. The van der Waals surface area contributed by atoms with Gasteiger partial charge in [0.2, 0.25) is 0 Å². The van der Waals surface area contributed by atoms with Crippen LogP contribution in [-0.4, -0.2) is 0 Å². The van der Waals surface area contributed by atoms with Crippen LogP contribution >= 0.6 is 0 Å². The van der Waals surface area contributed by atoms with Crippen molar-refractivity contribution in [3.63, 3.8) is 0 Å². The summed E-state index contributed by atoms with van der Waals surface area (Å²) in [7, 11) is 0. The van der Waals surface area contributed by atoms with Crippen molar-refractivity contribution in [2.45, 2.75) is 19.3 Å². The summed E-state index contributed by atoms with van der Waals surface area (Å²) in [5, 5.41) is 15.6. The Bertz CT molecular complexity index is 4450. The molecular weight excluding hydrogens is 901 g/mol. The summed E-state index contributed by atoms with van der Waals surface area (Å²) in [5.74, 6) is 0. The topological polar surface area (TPSA) is 0 Å². The van der Waals surface area contributed by atoms with Crippen molar-refractivity contribution in [3.05, 3.63) is 254 Å². The SMILES string of the molecule is CC1(C)c2cc3c(cc2-c2cc4c(cc21)-c1ccc(-c2c5ccccc5c(-c5ccccc5)c5ccccc25)c2cccc-4c12)-c1cccc2c(-c4c5ccccc5c(-c5ccccc5)c5ccccc45)ccc-3c12. The molecule has 0 aromatic heterocycles. The highest BCUT2D eigenvalue weighted by atomic mass is 14.4. The predicted molar refractivity (Wildman–Crippen MR) is 320 cm³/mol. The highest BCUT2D eigenvalue weighted by molar-refractivity contribution is 6.29. The normalized spacial score (nSPS) is 13.3. The van der Waals surface area contributed by atoms with Crippen LogP contribution in [0.5, 0.6) is 0 Å². The lowest BCUT2D eigenvalue weighted by atomic mass is 9.80. The van der Waals surface area contributed by atoms with Crippen LogP contribution in [0.4, 0.5) is 0 Å². The van der Waals surface area contributed by atoms with E-state index in [2.05, 4.69) is 257 Å². The first-order valence-electron chi connectivity index (χ1n) is 26.5. The van der Waals surface area contributed by atoms with Crippen LogP contribution in [0.25, 0.3) is 165 Å². The molecule has 0 aliphatic heterocycles. The lowest BCUT2D eigenvalue weighted by molar-refractivity contribution is 0.661. The molecule has 0 spiro atoms. The van der Waals surface area contributed by atoms with E-state index in [1.165, 1.54) is 176 Å². The van der Waals surface area contributed by atoms with E-state index >= 15 is 0 Å². The maximum atomic E-state index is 2.56. The van der Waals surface area contributed by atoms with Gasteiger partial charge in [-0.3, -0.25) is 0 Å². The van der Waals surface area contributed by atoms with Gasteiger partial charge in [-0.1, -0.05) is 232 Å². The minimum absolute atomic E-state index is 0.201. The van der Waals surface area contributed by atoms with Crippen LogP contribution in [-0.2, 0) is 5.41 Å². The molecule has 0 atom stereocenters. The molecule has 0 unspecified atom stereocenters. The van der Waals surface area contributed by atoms with Crippen molar-refractivity contribution in [1.82, 2.24) is 0 Å². The van der Waals surface area contributed by atoms with Crippen molar-refractivity contribution >= 4 is 64.6 Å². The van der Waals surface area contributed by atoms with Crippen LogP contribution in [0.2, 0.25) is 0 Å². The highest BCUT2D eigenvalue weighted by Gasteiger charge is 2.40. The summed E-state index contributed by atoms with van der Waals surface area (Å²) in [6.45, 7) is 4.89. The maximum Gasteiger partial charge on any atom is 0.0159 e. The third kappa shape index (κ3) is 5.40. The van der Waals surface area contributed by atoms with E-state index < -0.39 is 0 Å². The molecular formula is C75H46. The molecule has 0 amide bonds. The molecule has 0 fully saturated rings. The molecule has 14 aromatic rings. The molecule has 0 nitrogen and oxygen atoms in total. The van der Waals surface area contributed by atoms with Crippen molar-refractivity contribution < 1.29 is 0 Å². The van der Waals surface area contributed by atoms with Crippen molar-refractivity contribution in [2.24, 2.45) is 0 Å². The summed E-state index contributed by atoms with van der Waals surface area (Å²) in [4.78, 5) is 0. The summed E-state index contributed by atoms with van der Waals surface area (Å²) in [6.07, 6.45) is 0. The fourth-order valence-corrected chi connectivity index (χ4v) is 14.5. The van der Waals surface area contributed by atoms with E-state index in [-0.39, 0.29) is 5.41 Å².